The van der Waals surface area contributed by atoms with Gasteiger partial charge in [0.25, 0.3) is 5.91 Å². The normalized spacial score (nSPS) is 11.8. The number of carbonyl (C=O) groups is 1. The first-order chi connectivity index (χ1) is 9.31. The summed E-state index contributed by atoms with van der Waals surface area (Å²) in [6, 6.07) is 12.8. The van der Waals surface area contributed by atoms with Gasteiger partial charge in [-0.05, 0) is 24.1 Å². The average Bonchev–Trinajstić information content (AvgIpc) is 2.48. The second-order valence-electron chi connectivity index (χ2n) is 4.18. The van der Waals surface area contributed by atoms with Crippen molar-refractivity contribution in [2.75, 3.05) is 6.61 Å². The van der Waals surface area contributed by atoms with Crippen LogP contribution in [-0.4, -0.2) is 22.6 Å². The summed E-state index contributed by atoms with van der Waals surface area (Å²) in [5.74, 6) is -0.162. The molecule has 0 saturated heterocycles. The minimum absolute atomic E-state index is 0.0240. The Bertz CT molecular complexity index is 514. The first kappa shape index (κ1) is 13.2. The van der Waals surface area contributed by atoms with Gasteiger partial charge in [0.1, 0.15) is 0 Å². The summed E-state index contributed by atoms with van der Waals surface area (Å²) in [5.41, 5.74) is 1.55. The van der Waals surface area contributed by atoms with Crippen molar-refractivity contribution >= 4 is 5.91 Å². The molecular formula is C15H16N2O2. The Kier molecular flexibility index (Phi) is 4.64. The van der Waals surface area contributed by atoms with E-state index in [4.69, 9.17) is 5.11 Å². The van der Waals surface area contributed by atoms with Crippen LogP contribution in [0.1, 0.15) is 28.4 Å². The molecule has 2 N–H and O–H groups in total. The van der Waals surface area contributed by atoms with Crippen molar-refractivity contribution in [2.45, 2.75) is 12.5 Å². The second kappa shape index (κ2) is 6.66. The highest BCUT2D eigenvalue weighted by atomic mass is 16.3. The van der Waals surface area contributed by atoms with Crippen LogP contribution >= 0.6 is 0 Å². The molecule has 0 bridgehead atoms. The van der Waals surface area contributed by atoms with Crippen molar-refractivity contribution in [3.63, 3.8) is 0 Å². The van der Waals surface area contributed by atoms with Gasteiger partial charge in [-0.25, -0.2) is 0 Å². The number of hydrogen-bond acceptors (Lipinski definition) is 3. The van der Waals surface area contributed by atoms with Crippen LogP contribution in [0.25, 0.3) is 0 Å². The summed E-state index contributed by atoms with van der Waals surface area (Å²) in [6.07, 6.45) is 3.65. The third-order valence-corrected chi connectivity index (χ3v) is 2.87. The maximum absolute atomic E-state index is 12.1. The SMILES string of the molecule is O=C(NC(CCO)c1ccccc1)c1ccncc1. The van der Waals surface area contributed by atoms with Crippen LogP contribution in [0, 0.1) is 0 Å². The first-order valence-electron chi connectivity index (χ1n) is 6.18. The molecule has 1 heterocycles. The number of aromatic nitrogens is 1. The fourth-order valence-corrected chi connectivity index (χ4v) is 1.88. The molecular weight excluding hydrogens is 240 g/mol. The monoisotopic (exact) mass is 256 g/mol. The summed E-state index contributed by atoms with van der Waals surface area (Å²) in [4.78, 5) is 16.0. The Morgan fingerprint density at radius 2 is 1.84 bits per heavy atom. The predicted molar refractivity (Wildman–Crippen MR) is 72.6 cm³/mol. The van der Waals surface area contributed by atoms with Gasteiger partial charge < -0.3 is 10.4 Å². The summed E-state index contributed by atoms with van der Waals surface area (Å²) in [6.45, 7) is 0.0240. The minimum atomic E-state index is -0.188. The number of rotatable bonds is 5. The average molecular weight is 256 g/mol. The van der Waals surface area contributed by atoms with Crippen LogP contribution in [0.3, 0.4) is 0 Å². The van der Waals surface area contributed by atoms with E-state index in [1.165, 1.54) is 0 Å². The molecule has 0 aliphatic carbocycles. The molecule has 1 unspecified atom stereocenters. The lowest BCUT2D eigenvalue weighted by molar-refractivity contribution is 0.0930. The van der Waals surface area contributed by atoms with E-state index in [1.54, 1.807) is 24.5 Å². The topological polar surface area (TPSA) is 62.2 Å². The molecule has 1 aromatic carbocycles. The highest BCUT2D eigenvalue weighted by Crippen LogP contribution is 2.16. The van der Waals surface area contributed by atoms with Crippen LogP contribution in [0.15, 0.2) is 54.9 Å². The highest BCUT2D eigenvalue weighted by Gasteiger charge is 2.14. The van der Waals surface area contributed by atoms with Crippen molar-refractivity contribution < 1.29 is 9.90 Å². The Morgan fingerprint density at radius 3 is 2.47 bits per heavy atom. The number of benzene rings is 1. The number of amides is 1. The van der Waals surface area contributed by atoms with E-state index in [0.717, 1.165) is 5.56 Å². The molecule has 98 valence electrons. The smallest absolute Gasteiger partial charge is 0.251 e. The van der Waals surface area contributed by atoms with E-state index >= 15 is 0 Å². The molecule has 2 rings (SSSR count). The van der Waals surface area contributed by atoms with Gasteiger partial charge in [-0.1, -0.05) is 30.3 Å². The van der Waals surface area contributed by atoms with Crippen molar-refractivity contribution in [3.05, 3.63) is 66.0 Å². The molecule has 0 aliphatic rings. The fourth-order valence-electron chi connectivity index (χ4n) is 1.88. The van der Waals surface area contributed by atoms with Gasteiger partial charge in [-0.15, -0.1) is 0 Å². The number of aliphatic hydroxyl groups excluding tert-OH is 1. The molecule has 0 radical (unpaired) electrons. The molecule has 1 amide bonds. The van der Waals surface area contributed by atoms with Gasteiger partial charge in [-0.3, -0.25) is 9.78 Å². The largest absolute Gasteiger partial charge is 0.396 e. The lowest BCUT2D eigenvalue weighted by Crippen LogP contribution is -2.29. The standard InChI is InChI=1S/C15H16N2O2/c18-11-8-14(12-4-2-1-3-5-12)17-15(19)13-6-9-16-10-7-13/h1-7,9-10,14,18H,8,11H2,(H,17,19). The number of nitrogens with zero attached hydrogens (tertiary/aromatic N) is 1. The maximum Gasteiger partial charge on any atom is 0.251 e. The van der Waals surface area contributed by atoms with Crippen LogP contribution in [0.5, 0.6) is 0 Å². The zero-order valence-corrected chi connectivity index (χ0v) is 10.5. The molecule has 1 aromatic heterocycles. The van der Waals surface area contributed by atoms with Crippen molar-refractivity contribution in [1.82, 2.24) is 10.3 Å². The summed E-state index contributed by atoms with van der Waals surface area (Å²) in [5, 5.41) is 12.0. The van der Waals surface area contributed by atoms with Crippen LogP contribution < -0.4 is 5.32 Å². The Morgan fingerprint density at radius 1 is 1.16 bits per heavy atom. The van der Waals surface area contributed by atoms with Gasteiger partial charge in [0.15, 0.2) is 0 Å². The number of carbonyl (C=O) groups excluding carboxylic acids is 1. The van der Waals surface area contributed by atoms with E-state index in [2.05, 4.69) is 10.3 Å². The number of aliphatic hydroxyl groups is 1. The van der Waals surface area contributed by atoms with Crippen LogP contribution in [0.4, 0.5) is 0 Å². The van der Waals surface area contributed by atoms with Crippen LogP contribution in [0.2, 0.25) is 0 Å². The molecule has 0 saturated carbocycles. The van der Waals surface area contributed by atoms with E-state index in [1.807, 2.05) is 30.3 Å². The van der Waals surface area contributed by atoms with Gasteiger partial charge in [0, 0.05) is 24.6 Å². The summed E-state index contributed by atoms with van der Waals surface area (Å²) >= 11 is 0. The maximum atomic E-state index is 12.1. The van der Waals surface area contributed by atoms with Crippen LogP contribution in [-0.2, 0) is 0 Å². The second-order valence-corrected chi connectivity index (χ2v) is 4.18. The molecule has 4 nitrogen and oxygen atoms in total. The lowest BCUT2D eigenvalue weighted by Gasteiger charge is -2.18. The Hall–Kier alpha value is -2.20. The van der Waals surface area contributed by atoms with E-state index in [-0.39, 0.29) is 18.6 Å². The first-order valence-corrected chi connectivity index (χ1v) is 6.18. The minimum Gasteiger partial charge on any atom is -0.396 e. The highest BCUT2D eigenvalue weighted by molar-refractivity contribution is 5.94. The molecule has 0 aliphatic heterocycles. The molecule has 4 heteroatoms. The zero-order chi connectivity index (χ0) is 13.5. The van der Waals surface area contributed by atoms with Crippen molar-refractivity contribution in [2.24, 2.45) is 0 Å². The number of pyridine rings is 1. The molecule has 1 atom stereocenters. The zero-order valence-electron chi connectivity index (χ0n) is 10.5. The van der Waals surface area contributed by atoms with Gasteiger partial charge in [0.2, 0.25) is 0 Å². The third-order valence-electron chi connectivity index (χ3n) is 2.87. The van der Waals surface area contributed by atoms with E-state index in [0.29, 0.717) is 12.0 Å². The summed E-state index contributed by atoms with van der Waals surface area (Å²) in [7, 11) is 0. The quantitative estimate of drug-likeness (QED) is 0.859. The number of nitrogens with one attached hydrogen (secondary N) is 1. The molecule has 19 heavy (non-hydrogen) atoms. The van der Waals surface area contributed by atoms with Crippen molar-refractivity contribution in [3.8, 4) is 0 Å². The predicted octanol–water partition coefficient (Wildman–Crippen LogP) is 1.94. The Labute approximate surface area is 112 Å². The van der Waals surface area contributed by atoms with E-state index in [9.17, 15) is 4.79 Å². The molecule has 2 aromatic rings. The van der Waals surface area contributed by atoms with Crippen molar-refractivity contribution in [1.29, 1.82) is 0 Å². The van der Waals surface area contributed by atoms with Gasteiger partial charge in [0.05, 0.1) is 6.04 Å². The molecule has 0 fully saturated rings. The lowest BCUT2D eigenvalue weighted by atomic mass is 10.0. The van der Waals surface area contributed by atoms with Gasteiger partial charge in [-0.2, -0.15) is 0 Å². The van der Waals surface area contributed by atoms with E-state index < -0.39 is 0 Å². The summed E-state index contributed by atoms with van der Waals surface area (Å²) < 4.78 is 0. The Balaban J connectivity index is 2.11. The van der Waals surface area contributed by atoms with Gasteiger partial charge >= 0.3 is 0 Å². The third kappa shape index (κ3) is 3.63. The molecule has 0 spiro atoms. The number of hydrogen-bond donors (Lipinski definition) is 2. The fraction of sp³-hybridized carbons (Fsp3) is 0.200.